The van der Waals surface area contributed by atoms with Gasteiger partial charge in [-0.2, -0.15) is 0 Å². The first kappa shape index (κ1) is 22.7. The molecule has 0 aromatic heterocycles. The van der Waals surface area contributed by atoms with E-state index in [1.807, 2.05) is 38.1 Å². The van der Waals surface area contributed by atoms with Crippen LogP contribution < -0.4 is 15.2 Å². The van der Waals surface area contributed by atoms with Gasteiger partial charge in [0.25, 0.3) is 11.1 Å². The highest BCUT2D eigenvalue weighted by molar-refractivity contribution is 8.18. The zero-order valence-electron chi connectivity index (χ0n) is 17.0. The van der Waals surface area contributed by atoms with Crippen molar-refractivity contribution in [1.29, 1.82) is 0 Å². The topological polar surface area (TPSA) is 98.9 Å². The van der Waals surface area contributed by atoms with Gasteiger partial charge in [0.15, 0.2) is 11.5 Å². The molecule has 0 aliphatic carbocycles. The molecular formula is C22H21ClN2O5S. The first-order valence-electron chi connectivity index (χ1n) is 9.46. The third kappa shape index (κ3) is 5.59. The van der Waals surface area contributed by atoms with Gasteiger partial charge in [0.2, 0.25) is 5.91 Å². The third-order valence-corrected chi connectivity index (χ3v) is 5.51. The van der Waals surface area contributed by atoms with Crippen molar-refractivity contribution in [2.24, 2.45) is 5.73 Å². The zero-order valence-corrected chi connectivity index (χ0v) is 18.6. The van der Waals surface area contributed by atoms with E-state index in [-0.39, 0.29) is 4.91 Å². The Kier molecular flexibility index (Phi) is 7.25. The van der Waals surface area contributed by atoms with Crippen molar-refractivity contribution in [2.75, 3.05) is 13.2 Å². The summed E-state index contributed by atoms with van der Waals surface area (Å²) in [6, 6.07) is 11.2. The lowest BCUT2D eigenvalue weighted by molar-refractivity contribution is -0.127. The number of halogens is 1. The van der Waals surface area contributed by atoms with Gasteiger partial charge in [-0.1, -0.05) is 41.4 Å². The smallest absolute Gasteiger partial charge is 0.294 e. The number of thioether (sulfide) groups is 1. The molecule has 0 radical (unpaired) electrons. The molecule has 0 unspecified atom stereocenters. The van der Waals surface area contributed by atoms with Gasteiger partial charge >= 0.3 is 0 Å². The number of amides is 3. The van der Waals surface area contributed by atoms with Crippen LogP contribution >= 0.6 is 23.4 Å². The molecule has 3 rings (SSSR count). The molecule has 0 saturated carbocycles. The molecule has 2 N–H and O–H groups in total. The molecule has 1 aliphatic rings. The van der Waals surface area contributed by atoms with Crippen LogP contribution in [0.25, 0.3) is 6.08 Å². The van der Waals surface area contributed by atoms with Gasteiger partial charge in [0.05, 0.1) is 16.5 Å². The summed E-state index contributed by atoms with van der Waals surface area (Å²) in [7, 11) is 0. The minimum atomic E-state index is -0.764. The van der Waals surface area contributed by atoms with Crippen molar-refractivity contribution < 1.29 is 23.9 Å². The van der Waals surface area contributed by atoms with Crippen LogP contribution in [0, 0.1) is 6.92 Å². The molecule has 2 aromatic rings. The lowest BCUT2D eigenvalue weighted by Crippen LogP contribution is -2.36. The second-order valence-corrected chi connectivity index (χ2v) is 8.17. The van der Waals surface area contributed by atoms with Gasteiger partial charge in [0.1, 0.15) is 13.2 Å². The van der Waals surface area contributed by atoms with Crippen LogP contribution in [0.4, 0.5) is 4.79 Å². The zero-order chi connectivity index (χ0) is 22.5. The number of rotatable bonds is 8. The summed E-state index contributed by atoms with van der Waals surface area (Å²) in [5, 5.41) is -0.245. The Hall–Kier alpha value is -2.97. The number of hydrogen-bond donors (Lipinski definition) is 1. The quantitative estimate of drug-likeness (QED) is 0.594. The van der Waals surface area contributed by atoms with Crippen LogP contribution in [0.15, 0.2) is 41.3 Å². The molecule has 1 fully saturated rings. The lowest BCUT2D eigenvalue weighted by atomic mass is 10.1. The van der Waals surface area contributed by atoms with Crippen molar-refractivity contribution in [3.8, 4) is 11.5 Å². The molecule has 0 atom stereocenters. The van der Waals surface area contributed by atoms with Gasteiger partial charge < -0.3 is 15.2 Å². The normalized spacial score (nSPS) is 14.9. The number of primary amides is 1. The van der Waals surface area contributed by atoms with Crippen molar-refractivity contribution in [2.45, 2.75) is 20.5 Å². The standard InChI is InChI=1S/C22H21ClN2O5S/c1-3-29-17-9-15(10-18-21(27)25(11-19(24)26)22(28)31-18)8-16(23)20(17)30-12-14-6-4-13(2)5-7-14/h4-10H,3,11-12H2,1-2H3,(H2,24,26)/b18-10-. The van der Waals surface area contributed by atoms with Crippen molar-refractivity contribution in [3.63, 3.8) is 0 Å². The van der Waals surface area contributed by atoms with Gasteiger partial charge in [-0.15, -0.1) is 0 Å². The van der Waals surface area contributed by atoms with E-state index in [0.717, 1.165) is 27.8 Å². The number of hydrogen-bond acceptors (Lipinski definition) is 6. The molecule has 1 saturated heterocycles. The summed E-state index contributed by atoms with van der Waals surface area (Å²) in [6.45, 7) is 4.08. The number of ether oxygens (including phenoxy) is 2. The average Bonchev–Trinajstić information content (AvgIpc) is 2.96. The van der Waals surface area contributed by atoms with Crippen molar-refractivity contribution in [3.05, 3.63) is 63.0 Å². The summed E-state index contributed by atoms with van der Waals surface area (Å²) >= 11 is 7.18. The van der Waals surface area contributed by atoms with E-state index in [2.05, 4.69) is 0 Å². The predicted molar refractivity (Wildman–Crippen MR) is 120 cm³/mol. The first-order valence-corrected chi connectivity index (χ1v) is 10.7. The summed E-state index contributed by atoms with van der Waals surface area (Å²) in [5.74, 6) is -0.532. The summed E-state index contributed by atoms with van der Waals surface area (Å²) in [5.41, 5.74) is 7.79. The third-order valence-electron chi connectivity index (χ3n) is 4.32. The Morgan fingerprint density at radius 3 is 2.55 bits per heavy atom. The maximum Gasteiger partial charge on any atom is 0.294 e. The highest BCUT2D eigenvalue weighted by Crippen LogP contribution is 2.39. The molecule has 162 valence electrons. The van der Waals surface area contributed by atoms with Crippen LogP contribution in [0.2, 0.25) is 5.02 Å². The fourth-order valence-electron chi connectivity index (χ4n) is 2.86. The Labute approximate surface area is 189 Å². The average molecular weight is 461 g/mol. The number of aryl methyl sites for hydroxylation is 1. The number of nitrogens with zero attached hydrogens (tertiary/aromatic N) is 1. The van der Waals surface area contributed by atoms with Crippen LogP contribution in [0.3, 0.4) is 0 Å². The van der Waals surface area contributed by atoms with Crippen molar-refractivity contribution in [1.82, 2.24) is 4.90 Å². The first-order chi connectivity index (χ1) is 14.8. The fraction of sp³-hybridized carbons (Fsp3) is 0.227. The molecule has 1 aliphatic heterocycles. The molecule has 0 bridgehead atoms. The Morgan fingerprint density at radius 1 is 1.19 bits per heavy atom. The van der Waals surface area contributed by atoms with Crippen molar-refractivity contribution >= 4 is 46.5 Å². The molecule has 2 aromatic carbocycles. The van der Waals surface area contributed by atoms with E-state index in [4.69, 9.17) is 26.8 Å². The second kappa shape index (κ2) is 9.89. The molecule has 7 nitrogen and oxygen atoms in total. The number of benzene rings is 2. The number of carbonyl (C=O) groups excluding carboxylic acids is 3. The number of carbonyl (C=O) groups is 3. The minimum absolute atomic E-state index is 0.165. The largest absolute Gasteiger partial charge is 0.490 e. The number of imide groups is 1. The van der Waals surface area contributed by atoms with E-state index in [1.54, 1.807) is 12.1 Å². The van der Waals surface area contributed by atoms with Crippen LogP contribution in [0.1, 0.15) is 23.6 Å². The Morgan fingerprint density at radius 2 is 1.90 bits per heavy atom. The Balaban J connectivity index is 1.85. The van der Waals surface area contributed by atoms with Gasteiger partial charge in [-0.05, 0) is 54.9 Å². The van der Waals surface area contributed by atoms with Gasteiger partial charge in [-0.3, -0.25) is 19.3 Å². The molecule has 3 amide bonds. The highest BCUT2D eigenvalue weighted by atomic mass is 35.5. The predicted octanol–water partition coefficient (Wildman–Crippen LogP) is 4.15. The molecule has 1 heterocycles. The maximum atomic E-state index is 12.4. The maximum absolute atomic E-state index is 12.4. The summed E-state index contributed by atoms with van der Waals surface area (Å²) in [4.78, 5) is 36.5. The van der Waals surface area contributed by atoms with E-state index in [1.165, 1.54) is 6.08 Å². The SMILES string of the molecule is CCOc1cc(/C=C2\SC(=O)N(CC(N)=O)C2=O)cc(Cl)c1OCc1ccc(C)cc1. The highest BCUT2D eigenvalue weighted by Gasteiger charge is 2.35. The van der Waals surface area contributed by atoms with E-state index >= 15 is 0 Å². The molecule has 9 heteroatoms. The van der Waals surface area contributed by atoms with E-state index in [9.17, 15) is 14.4 Å². The van der Waals surface area contributed by atoms with E-state index in [0.29, 0.717) is 35.3 Å². The fourth-order valence-corrected chi connectivity index (χ4v) is 3.97. The lowest BCUT2D eigenvalue weighted by Gasteiger charge is -2.15. The van der Waals surface area contributed by atoms with E-state index < -0.39 is 23.6 Å². The van der Waals surface area contributed by atoms with Crippen LogP contribution in [-0.4, -0.2) is 35.1 Å². The molecule has 0 spiro atoms. The van der Waals surface area contributed by atoms with Crippen LogP contribution in [0.5, 0.6) is 11.5 Å². The Bertz CT molecular complexity index is 1050. The monoisotopic (exact) mass is 460 g/mol. The second-order valence-electron chi connectivity index (χ2n) is 6.77. The minimum Gasteiger partial charge on any atom is -0.490 e. The summed E-state index contributed by atoms with van der Waals surface area (Å²) < 4.78 is 11.6. The molecule has 31 heavy (non-hydrogen) atoms. The van der Waals surface area contributed by atoms with Gasteiger partial charge in [-0.25, -0.2) is 0 Å². The van der Waals surface area contributed by atoms with Gasteiger partial charge in [0, 0.05) is 0 Å². The molecular weight excluding hydrogens is 440 g/mol. The number of nitrogens with two attached hydrogens (primary N) is 1. The van der Waals surface area contributed by atoms with Crippen LogP contribution in [-0.2, 0) is 16.2 Å². The summed E-state index contributed by atoms with van der Waals surface area (Å²) in [6.07, 6.45) is 1.52.